The summed E-state index contributed by atoms with van der Waals surface area (Å²) < 4.78 is 18.3. The van der Waals surface area contributed by atoms with Gasteiger partial charge in [-0.05, 0) is 44.0 Å². The molecule has 84 valence electrons. The van der Waals surface area contributed by atoms with Gasteiger partial charge in [0.15, 0.2) is 0 Å². The summed E-state index contributed by atoms with van der Waals surface area (Å²) in [6.45, 7) is 5.16. The third kappa shape index (κ3) is 2.55. The van der Waals surface area contributed by atoms with Crippen molar-refractivity contribution in [3.63, 3.8) is 0 Å². The number of hydrogen-bond donors (Lipinski definition) is 1. The van der Waals surface area contributed by atoms with Gasteiger partial charge in [0.25, 0.3) is 0 Å². The third-order valence-corrected chi connectivity index (χ3v) is 2.77. The zero-order chi connectivity index (χ0) is 11.6. The Labute approximate surface area is 89.7 Å². The summed E-state index contributed by atoms with van der Waals surface area (Å²) in [5, 5.41) is 10.2. The SMILES string of the molecule is COC(C)C(C)(O)c1cc(C)cc(F)c1. The molecule has 0 bridgehead atoms. The lowest BCUT2D eigenvalue weighted by Gasteiger charge is -2.30. The lowest BCUT2D eigenvalue weighted by Crippen LogP contribution is -2.35. The summed E-state index contributed by atoms with van der Waals surface area (Å²) in [6.07, 6.45) is -0.390. The smallest absolute Gasteiger partial charge is 0.123 e. The number of aliphatic hydroxyl groups is 1. The summed E-state index contributed by atoms with van der Waals surface area (Å²) in [4.78, 5) is 0. The number of ether oxygens (including phenoxy) is 1. The van der Waals surface area contributed by atoms with Gasteiger partial charge < -0.3 is 9.84 Å². The first-order valence-electron chi connectivity index (χ1n) is 4.90. The number of methoxy groups -OCH3 is 1. The second kappa shape index (κ2) is 4.29. The summed E-state index contributed by atoms with van der Waals surface area (Å²) >= 11 is 0. The minimum atomic E-state index is -1.18. The molecule has 0 spiro atoms. The lowest BCUT2D eigenvalue weighted by molar-refractivity contribution is -0.0773. The van der Waals surface area contributed by atoms with E-state index in [9.17, 15) is 9.50 Å². The van der Waals surface area contributed by atoms with Gasteiger partial charge >= 0.3 is 0 Å². The van der Waals surface area contributed by atoms with E-state index < -0.39 is 11.7 Å². The summed E-state index contributed by atoms with van der Waals surface area (Å²) in [7, 11) is 1.52. The lowest BCUT2D eigenvalue weighted by atomic mass is 9.90. The topological polar surface area (TPSA) is 29.5 Å². The fourth-order valence-corrected chi connectivity index (χ4v) is 1.49. The number of halogens is 1. The van der Waals surface area contributed by atoms with Gasteiger partial charge in [0.2, 0.25) is 0 Å². The summed E-state index contributed by atoms with van der Waals surface area (Å²) in [5.74, 6) is -0.339. The molecule has 0 fully saturated rings. The number of aryl methyl sites for hydroxylation is 1. The fourth-order valence-electron chi connectivity index (χ4n) is 1.49. The van der Waals surface area contributed by atoms with E-state index in [4.69, 9.17) is 4.74 Å². The first-order chi connectivity index (χ1) is 6.87. The van der Waals surface area contributed by atoms with E-state index >= 15 is 0 Å². The predicted molar refractivity (Wildman–Crippen MR) is 57.2 cm³/mol. The van der Waals surface area contributed by atoms with Gasteiger partial charge in [-0.1, -0.05) is 6.07 Å². The van der Waals surface area contributed by atoms with Gasteiger partial charge in [-0.15, -0.1) is 0 Å². The monoisotopic (exact) mass is 212 g/mol. The zero-order valence-electron chi connectivity index (χ0n) is 9.54. The molecule has 0 heterocycles. The third-order valence-electron chi connectivity index (χ3n) is 2.77. The van der Waals surface area contributed by atoms with Gasteiger partial charge in [0, 0.05) is 7.11 Å². The van der Waals surface area contributed by atoms with E-state index in [2.05, 4.69) is 0 Å². The van der Waals surface area contributed by atoms with Crippen molar-refractivity contribution in [3.8, 4) is 0 Å². The van der Waals surface area contributed by atoms with Crippen LogP contribution >= 0.6 is 0 Å². The molecule has 1 aromatic carbocycles. The highest BCUT2D eigenvalue weighted by molar-refractivity contribution is 5.28. The van der Waals surface area contributed by atoms with Gasteiger partial charge in [-0.25, -0.2) is 4.39 Å². The Hall–Kier alpha value is -0.930. The van der Waals surface area contributed by atoms with Crippen molar-refractivity contribution in [3.05, 3.63) is 35.1 Å². The molecule has 1 aromatic rings. The maximum atomic E-state index is 13.2. The van der Waals surface area contributed by atoms with Crippen molar-refractivity contribution < 1.29 is 14.2 Å². The molecule has 0 aliphatic carbocycles. The van der Waals surface area contributed by atoms with Crippen LogP contribution in [0.1, 0.15) is 25.0 Å². The van der Waals surface area contributed by atoms with E-state index in [1.807, 2.05) is 0 Å². The van der Waals surface area contributed by atoms with E-state index in [1.54, 1.807) is 26.8 Å². The Morgan fingerprint density at radius 3 is 2.47 bits per heavy atom. The molecule has 0 aliphatic heterocycles. The molecule has 2 nitrogen and oxygen atoms in total. The molecule has 0 amide bonds. The molecule has 0 saturated carbocycles. The molecule has 1 rings (SSSR count). The van der Waals surface area contributed by atoms with Crippen molar-refractivity contribution in [1.82, 2.24) is 0 Å². The predicted octanol–water partition coefficient (Wildman–Crippen LogP) is 2.38. The van der Waals surface area contributed by atoms with Crippen LogP contribution in [0.2, 0.25) is 0 Å². The largest absolute Gasteiger partial charge is 0.383 e. The minimum Gasteiger partial charge on any atom is -0.383 e. The van der Waals surface area contributed by atoms with Gasteiger partial charge in [-0.3, -0.25) is 0 Å². The Morgan fingerprint density at radius 1 is 1.40 bits per heavy atom. The van der Waals surface area contributed by atoms with Crippen LogP contribution in [-0.4, -0.2) is 18.3 Å². The van der Waals surface area contributed by atoms with Gasteiger partial charge in [-0.2, -0.15) is 0 Å². The molecule has 0 aliphatic rings. The molecular weight excluding hydrogens is 195 g/mol. The van der Waals surface area contributed by atoms with E-state index in [1.165, 1.54) is 19.2 Å². The number of rotatable bonds is 3. The molecule has 0 aromatic heterocycles. The number of benzene rings is 1. The van der Waals surface area contributed by atoms with Crippen LogP contribution in [-0.2, 0) is 10.3 Å². The highest BCUT2D eigenvalue weighted by Crippen LogP contribution is 2.27. The van der Waals surface area contributed by atoms with Crippen LogP contribution in [0.4, 0.5) is 4.39 Å². The van der Waals surface area contributed by atoms with Crippen molar-refractivity contribution in [2.24, 2.45) is 0 Å². The van der Waals surface area contributed by atoms with Crippen LogP contribution in [0.25, 0.3) is 0 Å². The molecule has 2 atom stereocenters. The van der Waals surface area contributed by atoms with Gasteiger partial charge in [0.1, 0.15) is 11.4 Å². The van der Waals surface area contributed by atoms with Crippen LogP contribution in [0.15, 0.2) is 18.2 Å². The Balaban J connectivity index is 3.14. The van der Waals surface area contributed by atoms with E-state index in [0.29, 0.717) is 5.56 Å². The van der Waals surface area contributed by atoms with Crippen molar-refractivity contribution >= 4 is 0 Å². The van der Waals surface area contributed by atoms with E-state index in [0.717, 1.165) is 5.56 Å². The highest BCUT2D eigenvalue weighted by Gasteiger charge is 2.31. The molecule has 0 radical (unpaired) electrons. The molecule has 0 saturated heterocycles. The van der Waals surface area contributed by atoms with Crippen LogP contribution in [0.3, 0.4) is 0 Å². The van der Waals surface area contributed by atoms with Crippen molar-refractivity contribution in [1.29, 1.82) is 0 Å². The van der Waals surface area contributed by atoms with Crippen LogP contribution < -0.4 is 0 Å². The highest BCUT2D eigenvalue weighted by atomic mass is 19.1. The average molecular weight is 212 g/mol. The molecule has 1 N–H and O–H groups in total. The molecular formula is C12H17FO2. The first-order valence-corrected chi connectivity index (χ1v) is 4.90. The van der Waals surface area contributed by atoms with E-state index in [-0.39, 0.29) is 5.82 Å². The maximum Gasteiger partial charge on any atom is 0.123 e. The Bertz CT molecular complexity index is 327. The molecule has 2 unspecified atom stereocenters. The van der Waals surface area contributed by atoms with Crippen LogP contribution in [0, 0.1) is 12.7 Å². The van der Waals surface area contributed by atoms with Gasteiger partial charge in [0.05, 0.1) is 6.10 Å². The second-order valence-corrected chi connectivity index (χ2v) is 4.04. The quantitative estimate of drug-likeness (QED) is 0.833. The van der Waals surface area contributed by atoms with Crippen molar-refractivity contribution in [2.75, 3.05) is 7.11 Å². The van der Waals surface area contributed by atoms with Crippen molar-refractivity contribution in [2.45, 2.75) is 32.5 Å². The molecule has 15 heavy (non-hydrogen) atoms. The number of hydrogen-bond acceptors (Lipinski definition) is 2. The average Bonchev–Trinajstić information content (AvgIpc) is 2.15. The van der Waals surface area contributed by atoms with Crippen LogP contribution in [0.5, 0.6) is 0 Å². The fraction of sp³-hybridized carbons (Fsp3) is 0.500. The zero-order valence-corrected chi connectivity index (χ0v) is 9.54. The first kappa shape index (κ1) is 12.1. The Kier molecular flexibility index (Phi) is 3.47. The minimum absolute atomic E-state index is 0.339. The molecule has 3 heteroatoms. The normalized spacial score (nSPS) is 17.2. The summed E-state index contributed by atoms with van der Waals surface area (Å²) in [5.41, 5.74) is 0.143. The second-order valence-electron chi connectivity index (χ2n) is 4.04. The standard InChI is InChI=1S/C12H17FO2/c1-8-5-10(7-11(13)6-8)12(3,14)9(2)15-4/h5-7,9,14H,1-4H3. The Morgan fingerprint density at radius 2 is 2.00 bits per heavy atom. The summed E-state index contributed by atoms with van der Waals surface area (Å²) in [6, 6.07) is 4.53. The maximum absolute atomic E-state index is 13.2.